The van der Waals surface area contributed by atoms with Crippen LogP contribution in [0.5, 0.6) is 11.5 Å². The topological polar surface area (TPSA) is 73.8 Å². The van der Waals surface area contributed by atoms with E-state index in [1.54, 1.807) is 0 Å². The molecule has 8 nitrogen and oxygen atoms in total. The molecule has 0 heterocycles. The summed E-state index contributed by atoms with van der Waals surface area (Å²) in [5, 5.41) is 0. The van der Waals surface area contributed by atoms with Crippen molar-refractivity contribution in [3.63, 3.8) is 0 Å². The molecule has 0 radical (unpaired) electrons. The molecule has 0 atom stereocenters. The lowest BCUT2D eigenvalue weighted by Crippen LogP contribution is -2.43. The fourth-order valence-corrected chi connectivity index (χ4v) is 19.2. The first kappa shape index (κ1) is 51.6. The number of ether oxygens (including phenoxy) is 8. The van der Waals surface area contributed by atoms with Crippen LogP contribution in [0.25, 0.3) is 0 Å². The molecule has 0 spiro atoms. The van der Waals surface area contributed by atoms with Gasteiger partial charge in [0.15, 0.2) is 0 Å². The lowest BCUT2D eigenvalue weighted by atomic mass is 10.3. The van der Waals surface area contributed by atoms with E-state index in [2.05, 4.69) is 151 Å². The summed E-state index contributed by atoms with van der Waals surface area (Å²) in [6.07, 6.45) is 0. The predicted octanol–water partition coefficient (Wildman–Crippen LogP) is 10.2. The van der Waals surface area contributed by atoms with Gasteiger partial charge in [-0.15, -0.1) is 11.1 Å². The van der Waals surface area contributed by atoms with Crippen molar-refractivity contribution in [2.75, 3.05) is 92.5 Å². The van der Waals surface area contributed by atoms with Gasteiger partial charge in [0.2, 0.25) is 0 Å². The number of rotatable bonds is 28. The normalized spacial score (nSPS) is 12.2. The van der Waals surface area contributed by atoms with Gasteiger partial charge in [0, 0.05) is 0 Å². The lowest BCUT2D eigenvalue weighted by molar-refractivity contribution is 0.0139. The number of hydrogen-bond donors (Lipinski definition) is 0. The largest absolute Gasteiger partial charge is 0.490 e. The second-order valence-corrected chi connectivity index (χ2v) is 28.8. The van der Waals surface area contributed by atoms with E-state index in [-0.39, 0.29) is 0 Å². The fourth-order valence-electron chi connectivity index (χ4n) is 7.52. The molecule has 0 aliphatic heterocycles. The average molecular weight is 1020 g/mol. The van der Waals surface area contributed by atoms with Gasteiger partial charge in [-0.25, -0.2) is 0 Å². The molecule has 1 rings (SSSR count). The Labute approximate surface area is 359 Å². The van der Waals surface area contributed by atoms with Crippen molar-refractivity contribution < 1.29 is 37.9 Å². The van der Waals surface area contributed by atoms with Gasteiger partial charge in [0.1, 0.15) is 54.1 Å². The van der Waals surface area contributed by atoms with Crippen molar-refractivity contribution in [2.24, 2.45) is 0 Å². The van der Waals surface area contributed by atoms with Gasteiger partial charge in [-0.3, -0.25) is 0 Å². The summed E-state index contributed by atoms with van der Waals surface area (Å²) in [5.74, 6) is 8.27. The molecule has 0 N–H and O–H groups in total. The smallest absolute Gasteiger partial charge is 0.146 e. The molecule has 0 bridgehead atoms. The molecule has 0 aliphatic rings. The standard InChI is InChI=1S/C42H72I2O8Si2/c1-33(2)53(34(3)4,35(5)6)29-13-15-45-17-19-47-21-23-49-25-27-51-41-31-40(44)42(32-39(41)43)52-28-26-50-24-22-48-20-18-46-16-14-30-54(36(7)8,37(9)10)38(11)12/h31-38H,15-28H2,1-12H3. The van der Waals surface area contributed by atoms with E-state index in [9.17, 15) is 0 Å². The summed E-state index contributed by atoms with van der Waals surface area (Å²) in [6.45, 7) is 34.8. The monoisotopic (exact) mass is 1010 g/mol. The molecule has 0 amide bonds. The van der Waals surface area contributed by atoms with Crippen LogP contribution < -0.4 is 9.47 Å². The van der Waals surface area contributed by atoms with Crippen molar-refractivity contribution >= 4 is 61.3 Å². The Kier molecular flexibility index (Phi) is 27.6. The van der Waals surface area contributed by atoms with Crippen LogP contribution in [0.2, 0.25) is 33.2 Å². The minimum Gasteiger partial charge on any atom is -0.490 e. The van der Waals surface area contributed by atoms with Crippen LogP contribution in [0, 0.1) is 30.1 Å². The van der Waals surface area contributed by atoms with E-state index < -0.39 is 16.1 Å². The Morgan fingerprint density at radius 1 is 0.407 bits per heavy atom. The molecule has 0 aliphatic carbocycles. The Morgan fingerprint density at radius 2 is 0.648 bits per heavy atom. The third-order valence-corrected chi connectivity index (χ3v) is 24.5. The van der Waals surface area contributed by atoms with Crippen LogP contribution >= 0.6 is 45.2 Å². The second-order valence-electron chi connectivity index (χ2n) is 15.4. The number of halogens is 2. The van der Waals surface area contributed by atoms with E-state index in [4.69, 9.17) is 37.9 Å². The van der Waals surface area contributed by atoms with E-state index in [0.29, 0.717) is 126 Å². The Bertz CT molecular complexity index is 1140. The predicted molar refractivity (Wildman–Crippen MR) is 245 cm³/mol. The van der Waals surface area contributed by atoms with E-state index in [1.165, 1.54) is 0 Å². The summed E-state index contributed by atoms with van der Waals surface area (Å²) in [4.78, 5) is 0. The number of hydrogen-bond acceptors (Lipinski definition) is 8. The lowest BCUT2D eigenvalue weighted by Gasteiger charge is -2.38. The highest BCUT2D eigenvalue weighted by atomic mass is 127. The van der Waals surface area contributed by atoms with Crippen molar-refractivity contribution in [1.82, 2.24) is 0 Å². The molecule has 1 aromatic carbocycles. The Hall–Kier alpha value is -0.406. The molecular formula is C42H72I2O8Si2. The molecular weight excluding hydrogens is 942 g/mol. The van der Waals surface area contributed by atoms with Crippen molar-refractivity contribution in [2.45, 2.75) is 116 Å². The molecule has 54 heavy (non-hydrogen) atoms. The molecule has 0 fully saturated rings. The average Bonchev–Trinajstić information content (AvgIpc) is 3.09. The number of benzene rings is 1. The summed E-state index contributed by atoms with van der Waals surface area (Å²) in [7, 11) is -3.39. The third-order valence-electron chi connectivity index (χ3n) is 10.1. The molecule has 0 aromatic heterocycles. The highest BCUT2D eigenvalue weighted by molar-refractivity contribution is 14.1. The molecule has 0 saturated carbocycles. The highest BCUT2D eigenvalue weighted by Gasteiger charge is 2.42. The fraction of sp³-hybridized carbons (Fsp3) is 0.762. The van der Waals surface area contributed by atoms with Crippen LogP contribution in [0.3, 0.4) is 0 Å². The zero-order valence-corrected chi connectivity index (χ0v) is 41.9. The molecule has 0 unspecified atom stereocenters. The van der Waals surface area contributed by atoms with Gasteiger partial charge in [-0.1, -0.05) is 94.9 Å². The zero-order valence-electron chi connectivity index (χ0n) is 35.5. The van der Waals surface area contributed by atoms with Gasteiger partial charge in [-0.2, -0.15) is 0 Å². The van der Waals surface area contributed by atoms with Crippen molar-refractivity contribution in [3.05, 3.63) is 19.3 Å². The maximum atomic E-state index is 5.96. The van der Waals surface area contributed by atoms with E-state index >= 15 is 0 Å². The summed E-state index contributed by atoms with van der Waals surface area (Å²) in [6, 6.07) is 3.98. The molecule has 1 aromatic rings. The molecule has 310 valence electrons. The van der Waals surface area contributed by atoms with Crippen LogP contribution in [-0.2, 0) is 28.4 Å². The minimum absolute atomic E-state index is 0.453. The molecule has 12 heteroatoms. The second kappa shape index (κ2) is 28.9. The van der Waals surface area contributed by atoms with Gasteiger partial charge in [0.05, 0.1) is 73.2 Å². The van der Waals surface area contributed by atoms with E-state index in [0.717, 1.165) is 18.6 Å². The van der Waals surface area contributed by atoms with Crippen LogP contribution in [0.1, 0.15) is 83.1 Å². The maximum Gasteiger partial charge on any atom is 0.146 e. The van der Waals surface area contributed by atoms with Gasteiger partial charge in [-0.05, 0) is 90.6 Å². The SMILES string of the molecule is CC(C)[Si](C#CCOCCOCCOCCOc1cc(I)c(OCCOCCOCCOCC#C[Si](C(C)C)(C(C)C)C(C)C)cc1I)(C(C)C)C(C)C. The zero-order chi connectivity index (χ0) is 40.6. The first-order valence-electron chi connectivity index (χ1n) is 19.8. The highest BCUT2D eigenvalue weighted by Crippen LogP contribution is 2.41. The Balaban J connectivity index is 2.15. The molecule has 0 saturated heterocycles. The van der Waals surface area contributed by atoms with Crippen LogP contribution in [-0.4, -0.2) is 109 Å². The van der Waals surface area contributed by atoms with Crippen LogP contribution in [0.15, 0.2) is 12.1 Å². The van der Waals surface area contributed by atoms with Gasteiger partial charge >= 0.3 is 0 Å². The van der Waals surface area contributed by atoms with Crippen LogP contribution in [0.4, 0.5) is 0 Å². The van der Waals surface area contributed by atoms with E-state index in [1.807, 2.05) is 12.1 Å². The van der Waals surface area contributed by atoms with Gasteiger partial charge in [0.25, 0.3) is 0 Å². The summed E-state index contributed by atoms with van der Waals surface area (Å²) >= 11 is 4.53. The summed E-state index contributed by atoms with van der Waals surface area (Å²) < 4.78 is 48.0. The third kappa shape index (κ3) is 18.0. The quantitative estimate of drug-likeness (QED) is 0.0356. The van der Waals surface area contributed by atoms with Gasteiger partial charge < -0.3 is 37.9 Å². The first-order chi connectivity index (χ1) is 25.6. The minimum atomic E-state index is -1.70. The maximum absolute atomic E-state index is 5.96. The first-order valence-corrected chi connectivity index (χ1v) is 26.5. The van der Waals surface area contributed by atoms with Crippen molar-refractivity contribution in [1.29, 1.82) is 0 Å². The van der Waals surface area contributed by atoms with Crippen molar-refractivity contribution in [3.8, 4) is 34.4 Å². The Morgan fingerprint density at radius 3 is 0.907 bits per heavy atom. The summed E-state index contributed by atoms with van der Waals surface area (Å²) in [5.41, 5.74) is 11.1.